The average molecular weight is 631 g/mol. The molecule has 0 bridgehead atoms. The second kappa shape index (κ2) is 12.0. The number of Topliss-reactive ketones (excluding diaryl/α,β-unsaturated/α-hetero) is 1. The maximum Gasteiger partial charge on any atom is 0.253 e. The number of nitrogens with zero attached hydrogens (tertiary/aromatic N) is 3. The summed E-state index contributed by atoms with van der Waals surface area (Å²) < 4.78 is 5.91. The molecule has 0 radical (unpaired) electrons. The Balaban J connectivity index is 0.00000462. The minimum atomic E-state index is -0.695. The normalized spacial score (nSPS) is 16.2. The van der Waals surface area contributed by atoms with E-state index in [1.54, 1.807) is 25.1 Å². The summed E-state index contributed by atoms with van der Waals surface area (Å²) in [5.74, 6) is 0.690. The van der Waals surface area contributed by atoms with Crippen molar-refractivity contribution in [2.45, 2.75) is 58.1 Å². The summed E-state index contributed by atoms with van der Waals surface area (Å²) in [5, 5.41) is 22.0. The van der Waals surface area contributed by atoms with Crippen LogP contribution in [-0.4, -0.2) is 81.0 Å². The number of methoxy groups -OCH3 is 1. The van der Waals surface area contributed by atoms with Gasteiger partial charge in [-0.2, -0.15) is 0 Å². The smallest absolute Gasteiger partial charge is 0.253 e. The molecule has 0 saturated carbocycles. The van der Waals surface area contributed by atoms with E-state index in [9.17, 15) is 14.7 Å². The number of piperidine rings is 1. The number of rotatable bonds is 7. The highest BCUT2D eigenvalue weighted by Gasteiger charge is 2.33. The molecule has 2 aromatic carbocycles. The predicted molar refractivity (Wildman–Crippen MR) is 170 cm³/mol. The summed E-state index contributed by atoms with van der Waals surface area (Å²) in [6.07, 6.45) is 1.27. The molecule has 224 valence electrons. The van der Waals surface area contributed by atoms with Gasteiger partial charge in [0.05, 0.1) is 30.5 Å². The van der Waals surface area contributed by atoms with Gasteiger partial charge < -0.3 is 29.9 Å². The van der Waals surface area contributed by atoms with Crippen molar-refractivity contribution in [3.8, 4) is 5.75 Å². The molecule has 2 aliphatic heterocycles. The Morgan fingerprint density at radius 2 is 1.78 bits per heavy atom. The number of aliphatic hydroxyl groups is 1. The van der Waals surface area contributed by atoms with Gasteiger partial charge in [0, 0.05) is 63.2 Å². The zero-order valence-electron chi connectivity index (χ0n) is 25.5. The summed E-state index contributed by atoms with van der Waals surface area (Å²) in [6, 6.07) is 7.51. The maximum absolute atomic E-state index is 13.8. The quantitative estimate of drug-likeness (QED) is 0.390. The van der Waals surface area contributed by atoms with Crippen molar-refractivity contribution in [1.82, 2.24) is 10.2 Å². The standard InChI is InChI=1S/C31H43N5O4.BrH/c1-30(2,3)23-13-19(14-25(27(23)40-8)35-11-9-31(4,39)10-12-35)26(37)18-36-17-20-15-24(34(6)7)22(29(38)33-5)16-21(20)28(36)32;/h13-16,32,39H,9-12,17-18H2,1-8H3,(H,33,38);1H. The van der Waals surface area contributed by atoms with E-state index in [0.29, 0.717) is 49.2 Å². The highest BCUT2D eigenvalue weighted by molar-refractivity contribution is 8.93. The van der Waals surface area contributed by atoms with Gasteiger partial charge in [-0.15, -0.1) is 17.0 Å². The average Bonchev–Trinajstić information content (AvgIpc) is 3.19. The Kier molecular flexibility index (Phi) is 9.50. The molecule has 4 rings (SSSR count). The lowest BCUT2D eigenvalue weighted by atomic mass is 9.83. The number of amides is 1. The minimum absolute atomic E-state index is 0. The second-order valence-electron chi connectivity index (χ2n) is 12.4. The van der Waals surface area contributed by atoms with E-state index in [1.807, 2.05) is 44.1 Å². The number of nitrogens with one attached hydrogen (secondary N) is 2. The summed E-state index contributed by atoms with van der Waals surface area (Å²) in [7, 11) is 7.01. The summed E-state index contributed by atoms with van der Waals surface area (Å²) in [4.78, 5) is 32.2. The predicted octanol–water partition coefficient (Wildman–Crippen LogP) is 4.37. The zero-order chi connectivity index (χ0) is 29.6. The molecule has 2 heterocycles. The fraction of sp³-hybridized carbons (Fsp3) is 0.516. The number of hydrogen-bond donors (Lipinski definition) is 3. The first-order valence-corrected chi connectivity index (χ1v) is 13.8. The van der Waals surface area contributed by atoms with Crippen LogP contribution >= 0.6 is 17.0 Å². The van der Waals surface area contributed by atoms with Crippen LogP contribution in [0.5, 0.6) is 5.75 Å². The highest BCUT2D eigenvalue weighted by Crippen LogP contribution is 2.42. The van der Waals surface area contributed by atoms with E-state index >= 15 is 0 Å². The molecule has 41 heavy (non-hydrogen) atoms. The lowest BCUT2D eigenvalue weighted by Gasteiger charge is -2.38. The summed E-state index contributed by atoms with van der Waals surface area (Å²) in [5.41, 5.74) is 4.27. The van der Waals surface area contributed by atoms with E-state index in [4.69, 9.17) is 10.1 Å². The van der Waals surface area contributed by atoms with Crippen LogP contribution in [0.25, 0.3) is 0 Å². The van der Waals surface area contributed by atoms with Crippen molar-refractivity contribution in [3.63, 3.8) is 0 Å². The number of amidine groups is 1. The molecule has 9 nitrogen and oxygen atoms in total. The number of carbonyl (C=O) groups is 2. The number of halogens is 1. The third-order valence-electron chi connectivity index (χ3n) is 8.03. The van der Waals surface area contributed by atoms with E-state index in [1.165, 1.54) is 0 Å². The van der Waals surface area contributed by atoms with Gasteiger partial charge in [-0.25, -0.2) is 0 Å². The first-order chi connectivity index (χ1) is 18.7. The van der Waals surface area contributed by atoms with Gasteiger partial charge in [0.25, 0.3) is 5.91 Å². The number of fused-ring (bicyclic) bond motifs is 1. The van der Waals surface area contributed by atoms with Gasteiger partial charge in [0.15, 0.2) is 5.78 Å². The molecule has 10 heteroatoms. The van der Waals surface area contributed by atoms with Gasteiger partial charge in [-0.05, 0) is 55.0 Å². The zero-order valence-corrected chi connectivity index (χ0v) is 27.2. The lowest BCUT2D eigenvalue weighted by molar-refractivity contribution is 0.0350. The van der Waals surface area contributed by atoms with E-state index in [0.717, 1.165) is 28.3 Å². The monoisotopic (exact) mass is 629 g/mol. The molecule has 0 aromatic heterocycles. The van der Waals surface area contributed by atoms with Crippen LogP contribution in [0.3, 0.4) is 0 Å². The van der Waals surface area contributed by atoms with Crippen molar-refractivity contribution in [2.75, 3.05) is 57.7 Å². The molecule has 2 aliphatic rings. The van der Waals surface area contributed by atoms with Crippen molar-refractivity contribution >= 4 is 45.9 Å². The molecule has 0 unspecified atom stereocenters. The van der Waals surface area contributed by atoms with Gasteiger partial charge >= 0.3 is 0 Å². The first-order valence-electron chi connectivity index (χ1n) is 13.8. The molecule has 2 aromatic rings. The second-order valence-corrected chi connectivity index (χ2v) is 12.4. The number of ether oxygens (including phenoxy) is 1. The molecule has 1 saturated heterocycles. The number of ketones is 1. The molecule has 3 N–H and O–H groups in total. The largest absolute Gasteiger partial charge is 0.494 e. The van der Waals surface area contributed by atoms with Crippen LogP contribution < -0.4 is 19.9 Å². The molecular weight excluding hydrogens is 586 g/mol. The Labute approximate surface area is 254 Å². The van der Waals surface area contributed by atoms with Gasteiger partial charge in [0.2, 0.25) is 0 Å². The topological polar surface area (TPSA) is 109 Å². The Bertz CT molecular complexity index is 1340. The van der Waals surface area contributed by atoms with Crippen molar-refractivity contribution in [3.05, 3.63) is 52.1 Å². The summed E-state index contributed by atoms with van der Waals surface area (Å²) in [6.45, 7) is 9.96. The van der Waals surface area contributed by atoms with Crippen molar-refractivity contribution < 1.29 is 19.4 Å². The Morgan fingerprint density at radius 3 is 2.32 bits per heavy atom. The van der Waals surface area contributed by atoms with Crippen molar-refractivity contribution in [1.29, 1.82) is 5.41 Å². The van der Waals surface area contributed by atoms with Crippen LogP contribution in [0.1, 0.15) is 77.9 Å². The van der Waals surface area contributed by atoms with Crippen LogP contribution in [0.2, 0.25) is 0 Å². The SMILES string of the molecule is Br.CNC(=O)c1cc2c(cc1N(C)C)CN(CC(=O)c1cc(N3CCC(C)(O)CC3)c(OC)c(C(C)(C)C)c1)C2=N. The highest BCUT2D eigenvalue weighted by atomic mass is 79.9. The molecular formula is C31H44BrN5O4. The molecule has 0 aliphatic carbocycles. The third kappa shape index (κ3) is 6.54. The van der Waals surface area contributed by atoms with Crippen molar-refractivity contribution in [2.24, 2.45) is 0 Å². The number of hydrogen-bond acceptors (Lipinski definition) is 7. The molecule has 0 atom stereocenters. The Morgan fingerprint density at radius 1 is 1.15 bits per heavy atom. The molecule has 1 amide bonds. The van der Waals surface area contributed by atoms with Crippen LogP contribution in [-0.2, 0) is 12.0 Å². The summed E-state index contributed by atoms with van der Waals surface area (Å²) >= 11 is 0. The van der Waals surface area contributed by atoms with Crippen LogP contribution in [0, 0.1) is 5.41 Å². The van der Waals surface area contributed by atoms with Crippen LogP contribution in [0.15, 0.2) is 24.3 Å². The van der Waals surface area contributed by atoms with Gasteiger partial charge in [-0.1, -0.05) is 20.8 Å². The van der Waals surface area contributed by atoms with Gasteiger partial charge in [-0.3, -0.25) is 15.0 Å². The third-order valence-corrected chi connectivity index (χ3v) is 8.03. The Hall–Kier alpha value is -3.11. The fourth-order valence-corrected chi connectivity index (χ4v) is 5.53. The number of carbonyl (C=O) groups excluding carboxylic acids is 2. The minimum Gasteiger partial charge on any atom is -0.494 e. The van der Waals surface area contributed by atoms with E-state index in [2.05, 4.69) is 31.0 Å². The van der Waals surface area contributed by atoms with Gasteiger partial charge in [0.1, 0.15) is 11.6 Å². The lowest BCUT2D eigenvalue weighted by Crippen LogP contribution is -2.42. The number of anilines is 2. The molecule has 1 fully saturated rings. The molecule has 0 spiro atoms. The fourth-order valence-electron chi connectivity index (χ4n) is 5.53. The first kappa shape index (κ1) is 32.4. The van der Waals surface area contributed by atoms with E-state index in [-0.39, 0.29) is 46.5 Å². The maximum atomic E-state index is 13.8. The van der Waals surface area contributed by atoms with Crippen LogP contribution in [0.4, 0.5) is 11.4 Å². The van der Waals surface area contributed by atoms with E-state index < -0.39 is 5.60 Å². The number of benzene rings is 2.